The second kappa shape index (κ2) is 7.72. The number of hydrogen-bond acceptors (Lipinski definition) is 5. The molecular formula is C20H23N5O2. The summed E-state index contributed by atoms with van der Waals surface area (Å²) in [4.78, 5) is 23.8. The van der Waals surface area contributed by atoms with Gasteiger partial charge in [-0.2, -0.15) is 10.4 Å². The van der Waals surface area contributed by atoms with Gasteiger partial charge in [0.05, 0.1) is 17.3 Å². The molecule has 1 fully saturated rings. The van der Waals surface area contributed by atoms with Crippen LogP contribution >= 0.6 is 0 Å². The van der Waals surface area contributed by atoms with E-state index in [0.717, 1.165) is 24.0 Å². The molecule has 0 radical (unpaired) electrons. The van der Waals surface area contributed by atoms with E-state index in [1.54, 1.807) is 13.1 Å². The molecule has 3 rings (SSSR count). The van der Waals surface area contributed by atoms with Crippen LogP contribution in [0.5, 0.6) is 0 Å². The Kier molecular flexibility index (Phi) is 5.38. The maximum Gasteiger partial charge on any atom is 0.266 e. The number of aryl methyl sites for hydroxylation is 1. The summed E-state index contributed by atoms with van der Waals surface area (Å²) in [5, 5.41) is 16.4. The molecule has 1 aliphatic rings. The van der Waals surface area contributed by atoms with Crippen molar-refractivity contribution in [3.63, 3.8) is 0 Å². The Bertz CT molecular complexity index is 921. The van der Waals surface area contributed by atoms with Gasteiger partial charge in [0.1, 0.15) is 6.04 Å². The average Bonchev–Trinajstić information content (AvgIpc) is 3.12. The number of hydrogen-bond donors (Lipinski definition) is 2. The number of aromatic nitrogens is 2. The van der Waals surface area contributed by atoms with Crippen LogP contribution in [0.15, 0.2) is 41.2 Å². The van der Waals surface area contributed by atoms with E-state index in [4.69, 9.17) is 5.73 Å². The molecule has 0 bridgehead atoms. The highest BCUT2D eigenvalue weighted by Gasteiger charge is 2.37. The van der Waals surface area contributed by atoms with E-state index in [1.165, 1.54) is 10.7 Å². The lowest BCUT2D eigenvalue weighted by molar-refractivity contribution is -0.126. The van der Waals surface area contributed by atoms with Crippen LogP contribution in [0.2, 0.25) is 0 Å². The molecule has 7 nitrogen and oxygen atoms in total. The Morgan fingerprint density at radius 3 is 2.56 bits per heavy atom. The molecule has 1 aromatic heterocycles. The predicted octanol–water partition coefficient (Wildman–Crippen LogP) is 1.27. The highest BCUT2D eigenvalue weighted by atomic mass is 16.2. The van der Waals surface area contributed by atoms with Crippen LogP contribution in [0.3, 0.4) is 0 Å². The zero-order valence-electron chi connectivity index (χ0n) is 15.3. The van der Waals surface area contributed by atoms with E-state index in [-0.39, 0.29) is 11.5 Å². The topological polar surface area (TPSA) is 114 Å². The number of benzene rings is 1. The van der Waals surface area contributed by atoms with Crippen molar-refractivity contribution in [3.8, 4) is 17.3 Å². The zero-order chi connectivity index (χ0) is 19.4. The number of nitriles is 1. The molecule has 1 aromatic carbocycles. The molecule has 1 atom stereocenters. The van der Waals surface area contributed by atoms with Crippen LogP contribution < -0.4 is 16.6 Å². The lowest BCUT2D eigenvalue weighted by Crippen LogP contribution is -2.54. The van der Waals surface area contributed by atoms with Crippen molar-refractivity contribution < 1.29 is 4.79 Å². The fourth-order valence-corrected chi connectivity index (χ4v) is 3.37. The van der Waals surface area contributed by atoms with Crippen LogP contribution in [0.4, 0.5) is 0 Å². The number of amides is 1. The number of rotatable bonds is 5. The molecular weight excluding hydrogens is 342 g/mol. The van der Waals surface area contributed by atoms with Gasteiger partial charge in [-0.25, -0.2) is 4.68 Å². The molecule has 1 aliphatic carbocycles. The molecule has 1 heterocycles. The first kappa shape index (κ1) is 18.8. The first-order chi connectivity index (χ1) is 12.9. The van der Waals surface area contributed by atoms with Gasteiger partial charge in [0, 0.05) is 25.1 Å². The van der Waals surface area contributed by atoms with Crippen molar-refractivity contribution in [3.05, 3.63) is 52.3 Å². The monoisotopic (exact) mass is 365 g/mol. The largest absolute Gasteiger partial charge is 0.338 e. The van der Waals surface area contributed by atoms with Crippen LogP contribution in [0.25, 0.3) is 11.3 Å². The Hall–Kier alpha value is -2.98. The van der Waals surface area contributed by atoms with Crippen LogP contribution in [0.1, 0.15) is 31.2 Å². The highest BCUT2D eigenvalue weighted by molar-refractivity contribution is 5.86. The Labute approximate surface area is 157 Å². The maximum atomic E-state index is 12.4. The van der Waals surface area contributed by atoms with Gasteiger partial charge in [-0.3, -0.25) is 9.59 Å². The summed E-state index contributed by atoms with van der Waals surface area (Å²) >= 11 is 0. The van der Waals surface area contributed by atoms with Crippen LogP contribution in [-0.4, -0.2) is 27.3 Å². The third kappa shape index (κ3) is 4.23. The first-order valence-corrected chi connectivity index (χ1v) is 9.04. The van der Waals surface area contributed by atoms with Gasteiger partial charge < -0.3 is 11.1 Å². The molecule has 7 heteroatoms. The molecule has 3 N–H and O–H groups in total. The zero-order valence-corrected chi connectivity index (χ0v) is 15.3. The summed E-state index contributed by atoms with van der Waals surface area (Å²) in [6.07, 6.45) is 3.62. The number of nitrogens with zero attached hydrogens (tertiary/aromatic N) is 3. The van der Waals surface area contributed by atoms with Gasteiger partial charge in [0.15, 0.2) is 0 Å². The third-order valence-electron chi connectivity index (χ3n) is 5.06. The van der Waals surface area contributed by atoms with E-state index in [2.05, 4.69) is 16.5 Å². The van der Waals surface area contributed by atoms with E-state index >= 15 is 0 Å². The molecule has 1 saturated carbocycles. The lowest BCUT2D eigenvalue weighted by Gasteiger charge is -2.24. The third-order valence-corrected chi connectivity index (χ3v) is 5.06. The molecule has 2 aromatic rings. The van der Waals surface area contributed by atoms with Crippen LogP contribution in [-0.2, 0) is 18.3 Å². The van der Waals surface area contributed by atoms with Crippen molar-refractivity contribution in [2.45, 2.75) is 43.7 Å². The minimum absolute atomic E-state index is 0.164. The molecule has 0 spiro atoms. The summed E-state index contributed by atoms with van der Waals surface area (Å²) < 4.78 is 1.29. The molecule has 0 aliphatic heterocycles. The summed E-state index contributed by atoms with van der Waals surface area (Å²) in [7, 11) is 1.61. The fourth-order valence-electron chi connectivity index (χ4n) is 3.37. The number of nitrogens with one attached hydrogen (secondary N) is 1. The van der Waals surface area contributed by atoms with E-state index < -0.39 is 11.6 Å². The first-order valence-electron chi connectivity index (χ1n) is 9.04. The summed E-state index contributed by atoms with van der Waals surface area (Å²) in [6, 6.07) is 12.2. The minimum atomic E-state index is -0.839. The van der Waals surface area contributed by atoms with Gasteiger partial charge in [0.2, 0.25) is 5.91 Å². The number of nitrogens with two attached hydrogens (primary N) is 1. The fraction of sp³-hybridized carbons (Fsp3) is 0.400. The Morgan fingerprint density at radius 1 is 1.30 bits per heavy atom. The summed E-state index contributed by atoms with van der Waals surface area (Å²) in [5.74, 6) is -0.238. The standard InChI is InChI=1S/C20H23N5O2/c1-25-18(26)9-8-17(24-25)15-6-4-14(5-7-15)12-16(13-21)23-19(27)20(22)10-2-3-11-20/h4-9,16H,2-3,10-12,22H2,1H3,(H,23,27). The van der Waals surface area contributed by atoms with E-state index in [0.29, 0.717) is 25.0 Å². The van der Waals surface area contributed by atoms with E-state index in [1.807, 2.05) is 24.3 Å². The van der Waals surface area contributed by atoms with E-state index in [9.17, 15) is 14.9 Å². The van der Waals surface area contributed by atoms with Crippen LogP contribution in [0, 0.1) is 11.3 Å². The van der Waals surface area contributed by atoms with Crippen molar-refractivity contribution in [2.75, 3.05) is 0 Å². The smallest absolute Gasteiger partial charge is 0.266 e. The maximum absolute atomic E-state index is 12.4. The molecule has 0 saturated heterocycles. The predicted molar refractivity (Wildman–Crippen MR) is 102 cm³/mol. The van der Waals surface area contributed by atoms with Gasteiger partial charge in [-0.15, -0.1) is 0 Å². The van der Waals surface area contributed by atoms with Crippen molar-refractivity contribution in [1.82, 2.24) is 15.1 Å². The van der Waals surface area contributed by atoms with Crippen molar-refractivity contribution in [2.24, 2.45) is 12.8 Å². The minimum Gasteiger partial charge on any atom is -0.338 e. The molecule has 140 valence electrons. The van der Waals surface area contributed by atoms with Gasteiger partial charge in [-0.05, 0) is 24.5 Å². The van der Waals surface area contributed by atoms with Crippen molar-refractivity contribution >= 4 is 5.91 Å². The lowest BCUT2D eigenvalue weighted by atomic mass is 9.96. The molecule has 1 amide bonds. The van der Waals surface area contributed by atoms with Gasteiger partial charge in [0.25, 0.3) is 5.56 Å². The van der Waals surface area contributed by atoms with Gasteiger partial charge >= 0.3 is 0 Å². The number of carbonyl (C=O) groups is 1. The molecule has 27 heavy (non-hydrogen) atoms. The summed E-state index contributed by atoms with van der Waals surface area (Å²) in [5.41, 5.74) is 7.64. The average molecular weight is 365 g/mol. The number of carbonyl (C=O) groups excluding carboxylic acids is 1. The second-order valence-electron chi connectivity index (χ2n) is 7.10. The Balaban J connectivity index is 1.67. The van der Waals surface area contributed by atoms with Crippen molar-refractivity contribution in [1.29, 1.82) is 5.26 Å². The summed E-state index contributed by atoms with van der Waals surface area (Å²) in [6.45, 7) is 0. The SMILES string of the molecule is Cn1nc(-c2ccc(CC(C#N)NC(=O)C3(N)CCCC3)cc2)ccc1=O. The quantitative estimate of drug-likeness (QED) is 0.828. The van der Waals surface area contributed by atoms with Gasteiger partial charge in [-0.1, -0.05) is 37.1 Å². The molecule has 1 unspecified atom stereocenters. The highest BCUT2D eigenvalue weighted by Crippen LogP contribution is 2.27. The Morgan fingerprint density at radius 2 is 1.96 bits per heavy atom. The second-order valence-corrected chi connectivity index (χ2v) is 7.10. The normalized spacial score (nSPS) is 16.5.